The predicted molar refractivity (Wildman–Crippen MR) is 107 cm³/mol. The van der Waals surface area contributed by atoms with Crippen molar-refractivity contribution in [2.24, 2.45) is 0 Å². The van der Waals surface area contributed by atoms with Crippen LogP contribution < -0.4 is 10.2 Å². The molecule has 3 heterocycles. The quantitative estimate of drug-likeness (QED) is 0.714. The van der Waals surface area contributed by atoms with Crippen LogP contribution in [0.3, 0.4) is 0 Å². The van der Waals surface area contributed by atoms with Crippen molar-refractivity contribution in [1.29, 1.82) is 0 Å². The van der Waals surface area contributed by atoms with Gasteiger partial charge in [0.25, 0.3) is 0 Å². The van der Waals surface area contributed by atoms with Gasteiger partial charge in [-0.3, -0.25) is 4.79 Å². The molecule has 0 bridgehead atoms. The van der Waals surface area contributed by atoms with Crippen molar-refractivity contribution in [1.82, 2.24) is 9.97 Å². The van der Waals surface area contributed by atoms with Gasteiger partial charge in [0, 0.05) is 24.0 Å². The van der Waals surface area contributed by atoms with Gasteiger partial charge in [0.2, 0.25) is 5.91 Å². The Bertz CT molecular complexity index is 955. The number of rotatable bonds is 5. The summed E-state index contributed by atoms with van der Waals surface area (Å²) >= 11 is 1.39. The molecule has 3 aromatic rings. The molecule has 1 aliphatic rings. The van der Waals surface area contributed by atoms with E-state index in [0.717, 1.165) is 18.8 Å². The molecule has 1 saturated heterocycles. The van der Waals surface area contributed by atoms with Gasteiger partial charge in [0.15, 0.2) is 0 Å². The van der Waals surface area contributed by atoms with E-state index < -0.39 is 0 Å². The van der Waals surface area contributed by atoms with Gasteiger partial charge in [-0.15, -0.1) is 11.3 Å². The highest BCUT2D eigenvalue weighted by Crippen LogP contribution is 2.24. The molecule has 1 aliphatic heterocycles. The number of thiazole rings is 1. The third-order valence-corrected chi connectivity index (χ3v) is 5.30. The van der Waals surface area contributed by atoms with Crippen molar-refractivity contribution in [3.8, 4) is 10.6 Å². The number of benzene rings is 1. The SMILES string of the molecule is O=C(Cc1csc(-c2cccc(F)c2)n1)Nc1ccc(N2CCOCC2)cn1. The molecule has 6 nitrogen and oxygen atoms in total. The maximum Gasteiger partial charge on any atom is 0.231 e. The molecule has 0 spiro atoms. The Balaban J connectivity index is 1.35. The first-order valence-corrected chi connectivity index (χ1v) is 9.84. The van der Waals surface area contributed by atoms with Gasteiger partial charge < -0.3 is 15.0 Å². The summed E-state index contributed by atoms with van der Waals surface area (Å²) in [6.45, 7) is 3.10. The molecule has 8 heteroatoms. The van der Waals surface area contributed by atoms with Crippen LogP contribution in [0.4, 0.5) is 15.9 Å². The van der Waals surface area contributed by atoms with Gasteiger partial charge in [-0.05, 0) is 24.3 Å². The molecule has 4 rings (SSSR count). The van der Waals surface area contributed by atoms with Gasteiger partial charge in [-0.1, -0.05) is 12.1 Å². The van der Waals surface area contributed by atoms with Gasteiger partial charge >= 0.3 is 0 Å². The lowest BCUT2D eigenvalue weighted by molar-refractivity contribution is -0.115. The van der Waals surface area contributed by atoms with E-state index in [1.165, 1.54) is 23.5 Å². The number of carbonyl (C=O) groups excluding carboxylic acids is 1. The molecule has 0 atom stereocenters. The van der Waals surface area contributed by atoms with Crippen LogP contribution in [0.5, 0.6) is 0 Å². The van der Waals surface area contributed by atoms with Crippen molar-refractivity contribution in [2.75, 3.05) is 36.5 Å². The van der Waals surface area contributed by atoms with Crippen molar-refractivity contribution < 1.29 is 13.9 Å². The van der Waals surface area contributed by atoms with E-state index in [4.69, 9.17) is 4.74 Å². The zero-order valence-corrected chi connectivity index (χ0v) is 15.9. The summed E-state index contributed by atoms with van der Waals surface area (Å²) in [6, 6.07) is 10.0. The lowest BCUT2D eigenvalue weighted by Gasteiger charge is -2.28. The number of amides is 1. The fourth-order valence-corrected chi connectivity index (χ4v) is 3.78. The Labute approximate surface area is 166 Å². The van der Waals surface area contributed by atoms with Gasteiger partial charge in [-0.2, -0.15) is 0 Å². The van der Waals surface area contributed by atoms with Crippen molar-refractivity contribution in [3.63, 3.8) is 0 Å². The molecule has 1 N–H and O–H groups in total. The van der Waals surface area contributed by atoms with Gasteiger partial charge in [0.1, 0.15) is 16.6 Å². The molecule has 144 valence electrons. The lowest BCUT2D eigenvalue weighted by Crippen LogP contribution is -2.36. The number of ether oxygens (including phenoxy) is 1. The number of hydrogen-bond donors (Lipinski definition) is 1. The molecule has 0 aliphatic carbocycles. The third kappa shape index (κ3) is 4.52. The normalized spacial score (nSPS) is 14.1. The second-order valence-corrected chi connectivity index (χ2v) is 7.24. The Morgan fingerprint density at radius 3 is 2.86 bits per heavy atom. The van der Waals surface area contributed by atoms with Crippen LogP contribution in [0.1, 0.15) is 5.69 Å². The summed E-state index contributed by atoms with van der Waals surface area (Å²) in [5.41, 5.74) is 2.37. The van der Waals surface area contributed by atoms with Gasteiger partial charge in [0.05, 0.1) is 37.2 Å². The van der Waals surface area contributed by atoms with E-state index in [2.05, 4.69) is 20.2 Å². The van der Waals surface area contributed by atoms with E-state index in [1.54, 1.807) is 24.4 Å². The number of nitrogens with one attached hydrogen (secondary N) is 1. The monoisotopic (exact) mass is 398 g/mol. The minimum atomic E-state index is -0.307. The first-order valence-electron chi connectivity index (χ1n) is 8.96. The molecular formula is C20H19FN4O2S. The number of hydrogen-bond acceptors (Lipinski definition) is 6. The van der Waals surface area contributed by atoms with E-state index in [1.807, 2.05) is 11.4 Å². The number of carbonyl (C=O) groups is 1. The fraction of sp³-hybridized carbons (Fsp3) is 0.250. The molecule has 0 unspecified atom stereocenters. The minimum absolute atomic E-state index is 0.138. The highest BCUT2D eigenvalue weighted by atomic mass is 32.1. The summed E-state index contributed by atoms with van der Waals surface area (Å²) < 4.78 is 18.7. The van der Waals surface area contributed by atoms with E-state index in [-0.39, 0.29) is 18.1 Å². The molecular weight excluding hydrogens is 379 g/mol. The van der Waals surface area contributed by atoms with Crippen LogP contribution in [0.2, 0.25) is 0 Å². The maximum atomic E-state index is 13.4. The Kier molecular flexibility index (Phi) is 5.59. The average Bonchev–Trinajstić information content (AvgIpc) is 3.17. The molecule has 0 saturated carbocycles. The predicted octanol–water partition coefficient (Wildman–Crippen LogP) is 3.36. The number of halogens is 1. The summed E-state index contributed by atoms with van der Waals surface area (Å²) in [4.78, 5) is 23.2. The van der Waals surface area contributed by atoms with E-state index in [0.29, 0.717) is 35.3 Å². The molecule has 0 radical (unpaired) electrons. The molecule has 1 amide bonds. The highest BCUT2D eigenvalue weighted by Gasteiger charge is 2.13. The Morgan fingerprint density at radius 2 is 2.11 bits per heavy atom. The smallest absolute Gasteiger partial charge is 0.231 e. The summed E-state index contributed by atoms with van der Waals surface area (Å²) in [5.74, 6) is 0.00361. The van der Waals surface area contributed by atoms with Crippen LogP contribution in [-0.4, -0.2) is 42.2 Å². The van der Waals surface area contributed by atoms with Crippen LogP contribution in [0.25, 0.3) is 10.6 Å². The Hall–Kier alpha value is -2.84. The second-order valence-electron chi connectivity index (χ2n) is 6.38. The standard InChI is InChI=1S/C20H19FN4O2S/c21-15-3-1-2-14(10-15)20-23-16(13-28-20)11-19(26)24-18-5-4-17(12-22-18)25-6-8-27-9-7-25/h1-5,10,12-13H,6-9,11H2,(H,22,24,26). The van der Waals surface area contributed by atoms with E-state index in [9.17, 15) is 9.18 Å². The first-order chi connectivity index (χ1) is 13.7. The summed E-state index contributed by atoms with van der Waals surface area (Å²) in [6.07, 6.45) is 1.89. The maximum absolute atomic E-state index is 13.4. The summed E-state index contributed by atoms with van der Waals surface area (Å²) in [7, 11) is 0. The summed E-state index contributed by atoms with van der Waals surface area (Å²) in [5, 5.41) is 5.29. The largest absolute Gasteiger partial charge is 0.378 e. The number of aromatic nitrogens is 2. The van der Waals surface area contributed by atoms with Crippen LogP contribution in [0, 0.1) is 5.82 Å². The molecule has 28 heavy (non-hydrogen) atoms. The molecule has 1 aromatic carbocycles. The van der Waals surface area contributed by atoms with Crippen molar-refractivity contribution >= 4 is 28.7 Å². The van der Waals surface area contributed by atoms with Crippen LogP contribution in [0.15, 0.2) is 48.0 Å². The zero-order valence-electron chi connectivity index (χ0n) is 15.1. The third-order valence-electron chi connectivity index (χ3n) is 4.36. The Morgan fingerprint density at radius 1 is 1.25 bits per heavy atom. The number of morpholine rings is 1. The number of anilines is 2. The van der Waals surface area contributed by atoms with Crippen molar-refractivity contribution in [2.45, 2.75) is 6.42 Å². The molecule has 2 aromatic heterocycles. The number of pyridine rings is 1. The zero-order chi connectivity index (χ0) is 19.3. The first kappa shape index (κ1) is 18.5. The highest BCUT2D eigenvalue weighted by molar-refractivity contribution is 7.13. The topological polar surface area (TPSA) is 67.4 Å². The second kappa shape index (κ2) is 8.45. The van der Waals surface area contributed by atoms with Crippen LogP contribution in [-0.2, 0) is 16.0 Å². The molecule has 1 fully saturated rings. The van der Waals surface area contributed by atoms with Gasteiger partial charge in [-0.25, -0.2) is 14.4 Å². The fourth-order valence-electron chi connectivity index (χ4n) is 2.96. The van der Waals surface area contributed by atoms with E-state index >= 15 is 0 Å². The average molecular weight is 398 g/mol. The van der Waals surface area contributed by atoms with Crippen molar-refractivity contribution in [3.05, 3.63) is 59.5 Å². The van der Waals surface area contributed by atoms with Crippen LogP contribution >= 0.6 is 11.3 Å². The number of nitrogens with zero attached hydrogens (tertiary/aromatic N) is 3. The lowest BCUT2D eigenvalue weighted by atomic mass is 10.2. The minimum Gasteiger partial charge on any atom is -0.378 e.